The summed E-state index contributed by atoms with van der Waals surface area (Å²) in [6.45, 7) is 17.3. The van der Waals surface area contributed by atoms with Crippen LogP contribution in [0.3, 0.4) is 0 Å². The standard InChI is InChI=1S/C77H118N14O23/c1-15-41(8)62-56(92)37-61(97)114-65(40(6)7)64(98)42(9)66(99)85-51(34-38(2)3)73(106)91-33-17-19-53(91)75(108)89(13)55(36-45-20-22-46(111-14)23-21-45)77(110)112-43(10)63(71(104)86-62)87-70(103)54(35-39(4)5)88(12)74(107)52-18-16-32-90(52)72(105)44(11)113-76(109)50(26-30-59(80)95)84-69(102)49(25-29-58(79)94)83-68(101)48(24-28-57(78)93)82-67(100)47-27-31-60(96)81-47/h20-23,38-44,47-56,62-63,65,92H,15-19,24-37H2,1-14H3,(H2,78,93)(H2,79,94)(H2,80,95)(H,81,96)(H,82,100)(H,83,101)(H,84,102)(H,85,99)(H,86,104)(H,87,103)/t41?,42-,43-,44?,47?,48?,49?,50?,51+,52?,53+,54?,55+,56+,62-,63+,65+/m1/s1. The second kappa shape index (κ2) is 43.8. The number of esters is 3. The molecule has 37 heteroatoms. The lowest BCUT2D eigenvalue weighted by atomic mass is 9.91. The number of hydrogen-bond donors (Lipinski definition) is 11. The number of amides is 14. The van der Waals surface area contributed by atoms with E-state index >= 15 is 24.0 Å². The minimum absolute atomic E-state index is 0.00320. The van der Waals surface area contributed by atoms with Crippen LogP contribution in [0, 0.1) is 29.6 Å². The summed E-state index contributed by atoms with van der Waals surface area (Å²) in [7, 11) is 4.08. The molecule has 14 amide bonds. The number of Topliss-reactive ketones (excluding diaryl/α,β-unsaturated/α-hetero) is 1. The molecule has 37 nitrogen and oxygen atoms in total. The first kappa shape index (κ1) is 94.2. The number of likely N-dealkylation sites (N-methyl/N-ethyl adjacent to an activating group) is 2. The van der Waals surface area contributed by atoms with E-state index in [1.165, 1.54) is 40.0 Å². The fourth-order valence-electron chi connectivity index (χ4n) is 14.1. The van der Waals surface area contributed by atoms with Gasteiger partial charge in [0.25, 0.3) is 5.91 Å². The molecule has 0 aliphatic carbocycles. The van der Waals surface area contributed by atoms with E-state index in [0.29, 0.717) is 17.7 Å². The van der Waals surface area contributed by atoms with Gasteiger partial charge in [0.2, 0.25) is 76.8 Å². The topological polar surface area (TPSA) is 540 Å². The van der Waals surface area contributed by atoms with Gasteiger partial charge in [-0.3, -0.25) is 76.7 Å². The largest absolute Gasteiger partial charge is 0.497 e. The maximum Gasteiger partial charge on any atom is 0.329 e. The minimum Gasteiger partial charge on any atom is -0.497 e. The molecule has 17 atom stereocenters. The summed E-state index contributed by atoms with van der Waals surface area (Å²) in [4.78, 5) is 256. The zero-order chi connectivity index (χ0) is 85.4. The summed E-state index contributed by atoms with van der Waals surface area (Å²) in [5.74, 6) is -19.5. The number of nitrogens with two attached hydrogens (primary N) is 3. The number of nitrogens with one attached hydrogen (secondary N) is 7. The highest BCUT2D eigenvalue weighted by molar-refractivity contribution is 6.05. The van der Waals surface area contributed by atoms with Crippen LogP contribution in [0.1, 0.15) is 184 Å². The number of likely N-dealkylation sites (tertiary alicyclic amines) is 1. The number of carbonyl (C=O) groups is 18. The molecule has 4 fully saturated rings. The van der Waals surface area contributed by atoms with Crippen LogP contribution >= 0.6 is 0 Å². The molecule has 0 radical (unpaired) electrons. The summed E-state index contributed by atoms with van der Waals surface area (Å²) in [6, 6.07) is -9.61. The van der Waals surface area contributed by atoms with Crippen molar-refractivity contribution >= 4 is 106 Å². The third kappa shape index (κ3) is 26.9. The molecule has 4 aliphatic rings. The lowest BCUT2D eigenvalue weighted by Gasteiger charge is -2.36. The summed E-state index contributed by atoms with van der Waals surface area (Å²) in [5.41, 5.74) is 16.7. The zero-order valence-electron chi connectivity index (χ0n) is 67.7. The number of fused-ring (bicyclic) bond motifs is 1. The number of methoxy groups -OCH3 is 1. The second-order valence-corrected chi connectivity index (χ2v) is 31.2. The molecular weight excluding hydrogens is 1490 g/mol. The van der Waals surface area contributed by atoms with Crippen LogP contribution in [0.2, 0.25) is 0 Å². The van der Waals surface area contributed by atoms with Crippen molar-refractivity contribution in [3.05, 3.63) is 29.8 Å². The Hall–Kier alpha value is -10.4. The van der Waals surface area contributed by atoms with Gasteiger partial charge in [-0.05, 0) is 126 Å². The first-order valence-corrected chi connectivity index (χ1v) is 39.1. The highest BCUT2D eigenvalue weighted by Gasteiger charge is 2.47. The van der Waals surface area contributed by atoms with Crippen LogP contribution in [0.4, 0.5) is 0 Å². The maximum atomic E-state index is 15.4. The zero-order valence-corrected chi connectivity index (χ0v) is 67.7. The van der Waals surface area contributed by atoms with Gasteiger partial charge in [-0.25, -0.2) is 9.59 Å². The number of carbonyl (C=O) groups excluding carboxylic acids is 18. The Kier molecular flexibility index (Phi) is 36.2. The quantitative estimate of drug-likeness (QED) is 0.0220. The van der Waals surface area contributed by atoms with Gasteiger partial charge in [-0.2, -0.15) is 0 Å². The van der Waals surface area contributed by atoms with Gasteiger partial charge in [0.1, 0.15) is 72.3 Å². The molecule has 8 unspecified atom stereocenters. The van der Waals surface area contributed by atoms with Crippen LogP contribution in [0.5, 0.6) is 5.75 Å². The van der Waals surface area contributed by atoms with Crippen LogP contribution < -0.4 is 59.2 Å². The van der Waals surface area contributed by atoms with Gasteiger partial charge in [0.15, 0.2) is 18.0 Å². The van der Waals surface area contributed by atoms with Gasteiger partial charge in [-0.15, -0.1) is 0 Å². The average molecular weight is 1610 g/mol. The number of ketones is 1. The molecule has 114 heavy (non-hydrogen) atoms. The van der Waals surface area contributed by atoms with Crippen molar-refractivity contribution in [2.45, 2.75) is 276 Å². The van der Waals surface area contributed by atoms with Crippen molar-refractivity contribution in [2.75, 3.05) is 34.3 Å². The average Bonchev–Trinajstić information content (AvgIpc) is 1.46. The fourth-order valence-corrected chi connectivity index (χ4v) is 14.1. The molecule has 4 saturated heterocycles. The monoisotopic (exact) mass is 1610 g/mol. The number of nitrogens with zero attached hydrogens (tertiary/aromatic N) is 4. The van der Waals surface area contributed by atoms with Crippen molar-refractivity contribution in [1.82, 2.24) is 56.8 Å². The summed E-state index contributed by atoms with van der Waals surface area (Å²) in [5, 5.41) is 29.8. The number of ether oxygens (including phenoxy) is 4. The van der Waals surface area contributed by atoms with E-state index in [9.17, 15) is 67.4 Å². The van der Waals surface area contributed by atoms with E-state index in [4.69, 9.17) is 36.1 Å². The Morgan fingerprint density at radius 3 is 1.82 bits per heavy atom. The molecule has 14 N–H and O–H groups in total. The van der Waals surface area contributed by atoms with Crippen molar-refractivity contribution in [3.8, 4) is 5.75 Å². The maximum absolute atomic E-state index is 15.4. The van der Waals surface area contributed by atoms with E-state index in [1.54, 1.807) is 65.8 Å². The van der Waals surface area contributed by atoms with Gasteiger partial charge >= 0.3 is 17.9 Å². The lowest BCUT2D eigenvalue weighted by Crippen LogP contribution is -2.62. The Morgan fingerprint density at radius 2 is 1.28 bits per heavy atom. The van der Waals surface area contributed by atoms with E-state index < -0.39 is 259 Å². The van der Waals surface area contributed by atoms with Crippen molar-refractivity contribution < 1.29 is 110 Å². The van der Waals surface area contributed by atoms with Crippen LogP contribution in [0.15, 0.2) is 24.3 Å². The molecular formula is C77H118N14O23. The number of cyclic esters (lactones) is 2. The Morgan fingerprint density at radius 1 is 0.702 bits per heavy atom. The SMILES string of the molecule is CCC(C)[C@H]1NC(=O)[C@@H](NC(=O)C(CC(C)C)N(C)C(=O)C2CCCN2C(=O)C(C)OC(=O)C(CCC(N)=O)NC(=O)C(CCC(N)=O)NC(=O)C(CCC(N)=O)NC(=O)C2CCC(=O)N2)[C@@H](C)OC(=O)[C@H](Cc2ccc(OC)cc2)N(C)C(=O)[C@@H]2CCCN2C(=O)[C@H](CC(C)C)NC(=O)[C@H](C)C(=O)[C@H](C(C)C)OC(=O)C[C@@H]1O. The smallest absolute Gasteiger partial charge is 0.329 e. The van der Waals surface area contributed by atoms with Crippen molar-refractivity contribution in [2.24, 2.45) is 46.8 Å². The van der Waals surface area contributed by atoms with E-state index in [1.807, 2.05) is 13.8 Å². The van der Waals surface area contributed by atoms with E-state index in [2.05, 4.69) is 37.2 Å². The molecule has 5 rings (SSSR count). The first-order chi connectivity index (χ1) is 53.5. The van der Waals surface area contributed by atoms with Crippen molar-refractivity contribution in [1.29, 1.82) is 0 Å². The van der Waals surface area contributed by atoms with E-state index in [0.717, 1.165) is 21.6 Å². The summed E-state index contributed by atoms with van der Waals surface area (Å²) < 4.78 is 23.0. The number of aliphatic hydroxyl groups is 1. The van der Waals surface area contributed by atoms with Crippen LogP contribution in [0.25, 0.3) is 0 Å². The third-order valence-corrected chi connectivity index (χ3v) is 21.0. The Labute approximate surface area is 663 Å². The number of hydrogen-bond acceptors (Lipinski definition) is 23. The summed E-state index contributed by atoms with van der Waals surface area (Å²) in [6.07, 6.45) is -9.74. The van der Waals surface area contributed by atoms with Gasteiger partial charge < -0.3 is 98.1 Å². The molecule has 4 heterocycles. The fraction of sp³-hybridized carbons (Fsp3) is 0.688. The lowest BCUT2D eigenvalue weighted by molar-refractivity contribution is -0.163. The van der Waals surface area contributed by atoms with Gasteiger partial charge in [0, 0.05) is 59.3 Å². The molecule has 634 valence electrons. The number of primary amides is 3. The molecule has 1 aromatic carbocycles. The molecule has 4 aliphatic heterocycles. The van der Waals surface area contributed by atoms with Crippen LogP contribution in [-0.4, -0.2) is 256 Å². The first-order valence-electron chi connectivity index (χ1n) is 39.1. The summed E-state index contributed by atoms with van der Waals surface area (Å²) >= 11 is 0. The minimum atomic E-state index is -1.93. The van der Waals surface area contributed by atoms with Gasteiger partial charge in [-0.1, -0.05) is 73.9 Å². The Bertz CT molecular complexity index is 3670. The molecule has 0 aromatic heterocycles. The highest BCUT2D eigenvalue weighted by Crippen LogP contribution is 2.29. The number of benzene rings is 1. The second-order valence-electron chi connectivity index (χ2n) is 31.2. The normalized spacial score (nSPS) is 24.6. The predicted octanol–water partition coefficient (Wildman–Crippen LogP) is -1.60. The van der Waals surface area contributed by atoms with Crippen molar-refractivity contribution in [3.63, 3.8) is 0 Å². The van der Waals surface area contributed by atoms with Crippen LogP contribution in [-0.2, 0) is 107 Å². The molecule has 1 aromatic rings. The molecule has 0 spiro atoms. The number of rotatable bonds is 32. The molecule has 0 saturated carbocycles. The Balaban J connectivity index is 1.50. The van der Waals surface area contributed by atoms with Gasteiger partial charge in [0.05, 0.1) is 31.6 Å². The third-order valence-electron chi connectivity index (χ3n) is 21.0. The molecule has 0 bridgehead atoms. The van der Waals surface area contributed by atoms with E-state index in [-0.39, 0.29) is 83.2 Å². The number of aliphatic hydroxyl groups excluding tert-OH is 1. The predicted molar refractivity (Wildman–Crippen MR) is 406 cm³/mol. The highest BCUT2D eigenvalue weighted by atomic mass is 16.6.